The summed E-state index contributed by atoms with van der Waals surface area (Å²) in [7, 11) is 0. The van der Waals surface area contributed by atoms with Crippen LogP contribution in [-0.4, -0.2) is 34.6 Å². The van der Waals surface area contributed by atoms with Crippen molar-refractivity contribution in [3.05, 3.63) is 64.1 Å². The van der Waals surface area contributed by atoms with E-state index in [4.69, 9.17) is 23.2 Å². The molecule has 2 aromatic carbocycles. The molecule has 0 aliphatic heterocycles. The summed E-state index contributed by atoms with van der Waals surface area (Å²) in [5, 5.41) is 3.84. The molecule has 2 amide bonds. The van der Waals surface area contributed by atoms with Crippen molar-refractivity contribution in [2.75, 3.05) is 5.75 Å². The van der Waals surface area contributed by atoms with Gasteiger partial charge in [0.05, 0.1) is 15.8 Å². The van der Waals surface area contributed by atoms with Crippen molar-refractivity contribution in [2.45, 2.75) is 50.7 Å². The summed E-state index contributed by atoms with van der Waals surface area (Å²) in [5.74, 6) is -0.0408. The highest BCUT2D eigenvalue weighted by Gasteiger charge is 2.27. The number of benzene rings is 2. The van der Waals surface area contributed by atoms with Crippen LogP contribution in [0.3, 0.4) is 0 Å². The van der Waals surface area contributed by atoms with Crippen molar-refractivity contribution >= 4 is 46.8 Å². The molecular weight excluding hydrogens is 427 g/mol. The van der Waals surface area contributed by atoms with Crippen LogP contribution in [0.2, 0.25) is 10.0 Å². The molecule has 0 heterocycles. The highest BCUT2D eigenvalue weighted by Crippen LogP contribution is 2.24. The van der Waals surface area contributed by atoms with Gasteiger partial charge in [0.1, 0.15) is 6.04 Å². The first kappa shape index (κ1) is 23.6. The Morgan fingerprint density at radius 2 is 1.76 bits per heavy atom. The maximum atomic E-state index is 13.0. The molecule has 2 atom stereocenters. The molecule has 1 N–H and O–H groups in total. The summed E-state index contributed by atoms with van der Waals surface area (Å²) in [6.07, 6.45) is 0.822. The number of hydrogen-bond acceptors (Lipinski definition) is 3. The van der Waals surface area contributed by atoms with Crippen LogP contribution in [0.15, 0.2) is 53.4 Å². The van der Waals surface area contributed by atoms with Crippen LogP contribution < -0.4 is 5.32 Å². The van der Waals surface area contributed by atoms with Crippen LogP contribution >= 0.6 is 35.0 Å². The Kier molecular flexibility index (Phi) is 9.34. The van der Waals surface area contributed by atoms with E-state index >= 15 is 0 Å². The lowest BCUT2D eigenvalue weighted by Gasteiger charge is -2.29. The van der Waals surface area contributed by atoms with Crippen LogP contribution in [0.4, 0.5) is 0 Å². The SMILES string of the molecule is CC[C@H](C)NC(=O)[C@@H](C)N(Cc1ccc(Cl)c(Cl)c1)C(=O)CSc1ccccc1. The molecule has 0 saturated heterocycles. The van der Waals surface area contributed by atoms with E-state index in [1.807, 2.05) is 50.2 Å². The molecule has 0 aliphatic carbocycles. The minimum absolute atomic E-state index is 0.0468. The average molecular weight is 453 g/mol. The lowest BCUT2D eigenvalue weighted by Crippen LogP contribution is -2.50. The molecule has 0 aromatic heterocycles. The predicted octanol–water partition coefficient (Wildman–Crippen LogP) is 5.42. The number of rotatable bonds is 9. The van der Waals surface area contributed by atoms with Crippen LogP contribution in [0.25, 0.3) is 0 Å². The molecule has 29 heavy (non-hydrogen) atoms. The Morgan fingerprint density at radius 1 is 1.07 bits per heavy atom. The lowest BCUT2D eigenvalue weighted by molar-refractivity contribution is -0.138. The highest BCUT2D eigenvalue weighted by atomic mass is 35.5. The normalized spacial score (nSPS) is 12.9. The smallest absolute Gasteiger partial charge is 0.242 e. The number of nitrogens with zero attached hydrogens (tertiary/aromatic N) is 1. The average Bonchev–Trinajstić information content (AvgIpc) is 2.72. The van der Waals surface area contributed by atoms with Crippen LogP contribution in [0, 0.1) is 0 Å². The fraction of sp³-hybridized carbons (Fsp3) is 0.364. The minimum Gasteiger partial charge on any atom is -0.352 e. The van der Waals surface area contributed by atoms with Crippen LogP contribution in [0.1, 0.15) is 32.8 Å². The molecule has 7 heteroatoms. The third-order valence-corrected chi connectivity index (χ3v) is 6.35. The van der Waals surface area contributed by atoms with Gasteiger partial charge in [0.15, 0.2) is 0 Å². The first-order chi connectivity index (χ1) is 13.8. The molecule has 0 unspecified atom stereocenters. The molecular formula is C22H26Cl2N2O2S. The number of hydrogen-bond donors (Lipinski definition) is 1. The van der Waals surface area contributed by atoms with E-state index in [1.54, 1.807) is 24.0 Å². The summed E-state index contributed by atoms with van der Waals surface area (Å²) in [5.41, 5.74) is 0.820. The summed E-state index contributed by atoms with van der Waals surface area (Å²) in [6.45, 7) is 5.98. The van der Waals surface area contributed by atoms with Gasteiger partial charge in [-0.05, 0) is 50.1 Å². The number of carbonyl (C=O) groups is 2. The van der Waals surface area contributed by atoms with Gasteiger partial charge in [-0.15, -0.1) is 11.8 Å². The second kappa shape index (κ2) is 11.5. The van der Waals surface area contributed by atoms with E-state index in [1.165, 1.54) is 11.8 Å². The van der Waals surface area contributed by atoms with E-state index < -0.39 is 6.04 Å². The Morgan fingerprint density at radius 3 is 2.38 bits per heavy atom. The summed E-state index contributed by atoms with van der Waals surface area (Å²) >= 11 is 13.6. The van der Waals surface area contributed by atoms with Gasteiger partial charge >= 0.3 is 0 Å². The zero-order valence-electron chi connectivity index (χ0n) is 16.8. The number of nitrogens with one attached hydrogen (secondary N) is 1. The molecule has 0 radical (unpaired) electrons. The minimum atomic E-state index is -0.609. The van der Waals surface area contributed by atoms with Crippen LogP contribution in [-0.2, 0) is 16.1 Å². The standard InChI is InChI=1S/C22H26Cl2N2O2S/c1-4-15(2)25-22(28)16(3)26(13-17-10-11-19(23)20(24)12-17)21(27)14-29-18-8-6-5-7-9-18/h5-12,15-16H,4,13-14H2,1-3H3,(H,25,28)/t15-,16+/m0/s1. The van der Waals surface area contributed by atoms with Gasteiger partial charge in [-0.25, -0.2) is 0 Å². The van der Waals surface area contributed by atoms with E-state index in [-0.39, 0.29) is 30.2 Å². The van der Waals surface area contributed by atoms with Crippen molar-refractivity contribution < 1.29 is 9.59 Å². The predicted molar refractivity (Wildman–Crippen MR) is 122 cm³/mol. The van der Waals surface area contributed by atoms with Gasteiger partial charge in [-0.2, -0.15) is 0 Å². The Bertz CT molecular complexity index is 833. The van der Waals surface area contributed by atoms with Gasteiger partial charge in [0, 0.05) is 17.5 Å². The second-order valence-corrected chi connectivity index (χ2v) is 8.73. The Hall–Kier alpha value is -1.69. The van der Waals surface area contributed by atoms with Crippen molar-refractivity contribution in [3.63, 3.8) is 0 Å². The molecule has 156 valence electrons. The molecule has 2 rings (SSSR count). The number of carbonyl (C=O) groups excluding carboxylic acids is 2. The summed E-state index contributed by atoms with van der Waals surface area (Å²) < 4.78 is 0. The first-order valence-corrected chi connectivity index (χ1v) is 11.3. The van der Waals surface area contributed by atoms with Crippen molar-refractivity contribution in [3.8, 4) is 0 Å². The molecule has 0 aliphatic rings. The van der Waals surface area contributed by atoms with E-state index in [9.17, 15) is 9.59 Å². The zero-order chi connectivity index (χ0) is 21.4. The second-order valence-electron chi connectivity index (χ2n) is 6.87. The lowest BCUT2D eigenvalue weighted by atomic mass is 10.1. The van der Waals surface area contributed by atoms with E-state index in [0.717, 1.165) is 16.9 Å². The van der Waals surface area contributed by atoms with Crippen molar-refractivity contribution in [1.29, 1.82) is 0 Å². The third kappa shape index (κ3) is 7.25. The fourth-order valence-electron chi connectivity index (χ4n) is 2.63. The number of halogens is 2. The number of amides is 2. The van der Waals surface area contributed by atoms with E-state index in [2.05, 4.69) is 5.32 Å². The highest BCUT2D eigenvalue weighted by molar-refractivity contribution is 8.00. The fourth-order valence-corrected chi connectivity index (χ4v) is 3.75. The van der Waals surface area contributed by atoms with Gasteiger partial charge in [-0.3, -0.25) is 9.59 Å². The maximum absolute atomic E-state index is 13.0. The third-order valence-electron chi connectivity index (χ3n) is 4.61. The van der Waals surface area contributed by atoms with Gasteiger partial charge in [0.25, 0.3) is 0 Å². The van der Waals surface area contributed by atoms with Crippen molar-refractivity contribution in [1.82, 2.24) is 10.2 Å². The van der Waals surface area contributed by atoms with Gasteiger partial charge < -0.3 is 10.2 Å². The molecule has 0 bridgehead atoms. The number of thioether (sulfide) groups is 1. The zero-order valence-corrected chi connectivity index (χ0v) is 19.2. The Labute approximate surface area is 187 Å². The largest absolute Gasteiger partial charge is 0.352 e. The molecule has 2 aromatic rings. The van der Waals surface area contributed by atoms with E-state index in [0.29, 0.717) is 10.0 Å². The molecule has 0 spiro atoms. The van der Waals surface area contributed by atoms with Gasteiger partial charge in [-0.1, -0.05) is 54.4 Å². The van der Waals surface area contributed by atoms with Gasteiger partial charge in [0.2, 0.25) is 11.8 Å². The Balaban J connectivity index is 2.17. The maximum Gasteiger partial charge on any atom is 0.242 e. The first-order valence-electron chi connectivity index (χ1n) is 9.53. The topological polar surface area (TPSA) is 49.4 Å². The molecule has 4 nitrogen and oxygen atoms in total. The quantitative estimate of drug-likeness (QED) is 0.516. The van der Waals surface area contributed by atoms with Crippen molar-refractivity contribution in [2.24, 2.45) is 0 Å². The summed E-state index contributed by atoms with van der Waals surface area (Å²) in [4.78, 5) is 28.3. The monoisotopic (exact) mass is 452 g/mol. The van der Waals surface area contributed by atoms with Crippen LogP contribution in [0.5, 0.6) is 0 Å². The summed E-state index contributed by atoms with van der Waals surface area (Å²) in [6, 6.07) is 14.4. The molecule has 0 fully saturated rings. The molecule has 0 saturated carbocycles.